The molecule has 0 spiro atoms. The van der Waals surface area contributed by atoms with Gasteiger partial charge in [-0.3, -0.25) is 4.79 Å². The summed E-state index contributed by atoms with van der Waals surface area (Å²) >= 11 is 0. The second-order valence-electron chi connectivity index (χ2n) is 3.08. The Morgan fingerprint density at radius 1 is 1.44 bits per heavy atom. The van der Waals surface area contributed by atoms with Crippen molar-refractivity contribution in [1.82, 2.24) is 15.4 Å². The Bertz CT molecular complexity index is 581. The number of benzene rings is 1. The van der Waals surface area contributed by atoms with Crippen molar-refractivity contribution in [2.75, 3.05) is 0 Å². The SMILES string of the molecule is N#Cc1cccc(-c2n[nH]nc2C(N)=O)c1. The predicted molar refractivity (Wildman–Crippen MR) is 55.1 cm³/mol. The van der Waals surface area contributed by atoms with Crippen LogP contribution >= 0.6 is 0 Å². The van der Waals surface area contributed by atoms with E-state index in [1.807, 2.05) is 6.07 Å². The standard InChI is InChI=1S/C10H7N5O/c11-5-6-2-1-3-7(4-6)8-9(10(12)16)14-15-13-8/h1-4H,(H2,12,16)(H,13,14,15). The van der Waals surface area contributed by atoms with Crippen LogP contribution in [0.4, 0.5) is 0 Å². The summed E-state index contributed by atoms with van der Waals surface area (Å²) in [7, 11) is 0. The molecule has 1 aromatic heterocycles. The molecule has 0 fully saturated rings. The van der Waals surface area contributed by atoms with Gasteiger partial charge in [0.15, 0.2) is 5.69 Å². The highest BCUT2D eigenvalue weighted by Crippen LogP contribution is 2.19. The Morgan fingerprint density at radius 2 is 2.25 bits per heavy atom. The van der Waals surface area contributed by atoms with E-state index in [4.69, 9.17) is 11.0 Å². The van der Waals surface area contributed by atoms with E-state index < -0.39 is 5.91 Å². The largest absolute Gasteiger partial charge is 0.364 e. The molecule has 0 aliphatic carbocycles. The topological polar surface area (TPSA) is 108 Å². The summed E-state index contributed by atoms with van der Waals surface area (Å²) in [6.45, 7) is 0. The lowest BCUT2D eigenvalue weighted by Gasteiger charge is -1.97. The van der Waals surface area contributed by atoms with Gasteiger partial charge in [0.1, 0.15) is 5.69 Å². The predicted octanol–water partition coefficient (Wildman–Crippen LogP) is 0.442. The van der Waals surface area contributed by atoms with E-state index in [1.165, 1.54) is 0 Å². The van der Waals surface area contributed by atoms with Gasteiger partial charge < -0.3 is 5.73 Å². The first-order valence-corrected chi connectivity index (χ1v) is 4.43. The number of aromatic amines is 1. The fraction of sp³-hybridized carbons (Fsp3) is 0. The maximum absolute atomic E-state index is 11.0. The first-order valence-electron chi connectivity index (χ1n) is 4.43. The molecular formula is C10H7N5O. The fourth-order valence-electron chi connectivity index (χ4n) is 1.34. The van der Waals surface area contributed by atoms with Gasteiger partial charge >= 0.3 is 0 Å². The van der Waals surface area contributed by atoms with Gasteiger partial charge in [-0.25, -0.2) is 0 Å². The van der Waals surface area contributed by atoms with Crippen LogP contribution in [0.3, 0.4) is 0 Å². The number of carbonyl (C=O) groups excluding carboxylic acids is 1. The number of carbonyl (C=O) groups is 1. The smallest absolute Gasteiger partial charge is 0.271 e. The molecular weight excluding hydrogens is 206 g/mol. The Kier molecular flexibility index (Phi) is 2.36. The molecule has 6 heteroatoms. The second kappa shape index (κ2) is 3.82. The number of nitrogens with one attached hydrogen (secondary N) is 1. The van der Waals surface area contributed by atoms with Crippen LogP contribution in [0.1, 0.15) is 16.1 Å². The van der Waals surface area contributed by atoms with Gasteiger partial charge in [0, 0.05) is 5.56 Å². The van der Waals surface area contributed by atoms with Gasteiger partial charge in [-0.15, -0.1) is 0 Å². The minimum Gasteiger partial charge on any atom is -0.364 e. The van der Waals surface area contributed by atoms with Gasteiger partial charge in [-0.2, -0.15) is 20.7 Å². The van der Waals surface area contributed by atoms with Gasteiger partial charge in [0.2, 0.25) is 0 Å². The Morgan fingerprint density at radius 3 is 2.94 bits per heavy atom. The maximum atomic E-state index is 11.0. The Hall–Kier alpha value is -2.68. The zero-order chi connectivity index (χ0) is 11.5. The van der Waals surface area contributed by atoms with Crippen molar-refractivity contribution >= 4 is 5.91 Å². The quantitative estimate of drug-likeness (QED) is 0.754. The number of hydrogen-bond acceptors (Lipinski definition) is 4. The van der Waals surface area contributed by atoms with Crippen molar-refractivity contribution in [3.63, 3.8) is 0 Å². The van der Waals surface area contributed by atoms with Crippen LogP contribution < -0.4 is 5.73 Å². The van der Waals surface area contributed by atoms with E-state index in [0.717, 1.165) is 0 Å². The van der Waals surface area contributed by atoms with E-state index in [2.05, 4.69) is 15.4 Å². The van der Waals surface area contributed by atoms with Crippen LogP contribution in [0.5, 0.6) is 0 Å². The van der Waals surface area contributed by atoms with E-state index >= 15 is 0 Å². The minimum atomic E-state index is -0.661. The highest BCUT2D eigenvalue weighted by molar-refractivity contribution is 5.96. The van der Waals surface area contributed by atoms with Crippen LogP contribution in [0.15, 0.2) is 24.3 Å². The summed E-state index contributed by atoms with van der Waals surface area (Å²) in [6.07, 6.45) is 0. The van der Waals surface area contributed by atoms with Gasteiger partial charge in [0.25, 0.3) is 5.91 Å². The number of nitrogens with zero attached hydrogens (tertiary/aromatic N) is 3. The van der Waals surface area contributed by atoms with Gasteiger partial charge in [-0.05, 0) is 12.1 Å². The molecule has 0 bridgehead atoms. The van der Waals surface area contributed by atoms with Crippen molar-refractivity contribution in [3.8, 4) is 17.3 Å². The molecule has 78 valence electrons. The van der Waals surface area contributed by atoms with Crippen molar-refractivity contribution < 1.29 is 4.79 Å². The third kappa shape index (κ3) is 1.62. The van der Waals surface area contributed by atoms with E-state index in [9.17, 15) is 4.79 Å². The highest BCUT2D eigenvalue weighted by Gasteiger charge is 2.14. The molecule has 0 saturated carbocycles. The van der Waals surface area contributed by atoms with Crippen LogP contribution in [-0.2, 0) is 0 Å². The van der Waals surface area contributed by atoms with Crippen LogP contribution in [-0.4, -0.2) is 21.3 Å². The van der Waals surface area contributed by atoms with Crippen molar-refractivity contribution in [1.29, 1.82) is 5.26 Å². The number of hydrogen-bond donors (Lipinski definition) is 2. The molecule has 1 heterocycles. The third-order valence-electron chi connectivity index (χ3n) is 2.05. The summed E-state index contributed by atoms with van der Waals surface area (Å²) in [4.78, 5) is 11.0. The molecule has 1 aromatic carbocycles. The lowest BCUT2D eigenvalue weighted by molar-refractivity contribution is 0.0996. The molecule has 0 aliphatic heterocycles. The van der Waals surface area contributed by atoms with E-state index in [-0.39, 0.29) is 5.69 Å². The number of H-pyrrole nitrogens is 1. The second-order valence-corrected chi connectivity index (χ2v) is 3.08. The number of nitrogens with two attached hydrogens (primary N) is 1. The molecule has 2 aromatic rings. The molecule has 2 rings (SSSR count). The summed E-state index contributed by atoms with van der Waals surface area (Å²) in [6, 6.07) is 8.71. The average Bonchev–Trinajstić information content (AvgIpc) is 2.78. The van der Waals surface area contributed by atoms with Crippen molar-refractivity contribution in [2.45, 2.75) is 0 Å². The number of aromatic nitrogens is 3. The molecule has 0 radical (unpaired) electrons. The van der Waals surface area contributed by atoms with E-state index in [1.54, 1.807) is 24.3 Å². The van der Waals surface area contributed by atoms with Crippen molar-refractivity contribution in [3.05, 3.63) is 35.5 Å². The normalized spacial score (nSPS) is 9.69. The number of primary amides is 1. The molecule has 0 atom stereocenters. The monoisotopic (exact) mass is 213 g/mol. The van der Waals surface area contributed by atoms with E-state index in [0.29, 0.717) is 16.8 Å². The maximum Gasteiger partial charge on any atom is 0.271 e. The van der Waals surface area contributed by atoms with Gasteiger partial charge in [-0.1, -0.05) is 12.1 Å². The number of amides is 1. The van der Waals surface area contributed by atoms with Crippen LogP contribution in [0, 0.1) is 11.3 Å². The molecule has 0 unspecified atom stereocenters. The molecule has 0 aliphatic rings. The average molecular weight is 213 g/mol. The molecule has 1 amide bonds. The van der Waals surface area contributed by atoms with Gasteiger partial charge in [0.05, 0.1) is 11.6 Å². The summed E-state index contributed by atoms with van der Waals surface area (Å²) in [5.74, 6) is -0.661. The molecule has 6 nitrogen and oxygen atoms in total. The molecule has 0 saturated heterocycles. The third-order valence-corrected chi connectivity index (χ3v) is 2.05. The lowest BCUT2D eigenvalue weighted by atomic mass is 10.1. The first-order chi connectivity index (χ1) is 7.72. The Balaban J connectivity index is 2.55. The zero-order valence-corrected chi connectivity index (χ0v) is 8.14. The summed E-state index contributed by atoms with van der Waals surface area (Å²) < 4.78 is 0. The number of nitriles is 1. The minimum absolute atomic E-state index is 0.0649. The zero-order valence-electron chi connectivity index (χ0n) is 8.14. The molecule has 16 heavy (non-hydrogen) atoms. The van der Waals surface area contributed by atoms with Crippen LogP contribution in [0.25, 0.3) is 11.3 Å². The van der Waals surface area contributed by atoms with Crippen molar-refractivity contribution in [2.24, 2.45) is 5.73 Å². The summed E-state index contributed by atoms with van der Waals surface area (Å²) in [5, 5.41) is 18.6. The lowest BCUT2D eigenvalue weighted by Crippen LogP contribution is -2.12. The van der Waals surface area contributed by atoms with Crippen LogP contribution in [0.2, 0.25) is 0 Å². The number of rotatable bonds is 2. The highest BCUT2D eigenvalue weighted by atomic mass is 16.1. The first kappa shape index (κ1) is 9.86. The summed E-state index contributed by atoms with van der Waals surface area (Å²) in [5.41, 5.74) is 6.67. The molecule has 3 N–H and O–H groups in total. The fourth-order valence-corrected chi connectivity index (χ4v) is 1.34. The Labute approximate surface area is 90.7 Å².